The van der Waals surface area contributed by atoms with Crippen molar-refractivity contribution in [1.29, 1.82) is 0 Å². The van der Waals surface area contributed by atoms with E-state index in [-0.39, 0.29) is 29.0 Å². The van der Waals surface area contributed by atoms with Crippen LogP contribution in [-0.2, 0) is 14.4 Å². The average Bonchev–Trinajstić information content (AvgIpc) is 3.47. The zero-order valence-corrected chi connectivity index (χ0v) is 23.2. The fourth-order valence-corrected chi connectivity index (χ4v) is 7.57. The van der Waals surface area contributed by atoms with Crippen molar-refractivity contribution in [3.63, 3.8) is 0 Å². The predicted molar refractivity (Wildman–Crippen MR) is 154 cm³/mol. The van der Waals surface area contributed by atoms with E-state index in [4.69, 9.17) is 9.47 Å². The summed E-state index contributed by atoms with van der Waals surface area (Å²) in [5.41, 5.74) is 1.64. The largest absolute Gasteiger partial charge is 0.508 e. The van der Waals surface area contributed by atoms with Gasteiger partial charge in [-0.2, -0.15) is 0 Å². The van der Waals surface area contributed by atoms with Gasteiger partial charge >= 0.3 is 4.87 Å². The number of phenols is 1. The number of nitrogens with zero attached hydrogens (tertiary/aromatic N) is 1. The first-order chi connectivity index (χ1) is 19.8. The van der Waals surface area contributed by atoms with E-state index >= 15 is 0 Å². The lowest BCUT2D eigenvalue weighted by molar-refractivity contribution is -0.122. The molecule has 1 saturated heterocycles. The Kier molecular flexibility index (Phi) is 7.01. The van der Waals surface area contributed by atoms with Crippen molar-refractivity contribution in [1.82, 2.24) is 4.98 Å². The molecule has 1 aromatic heterocycles. The number of hydrogen-bond donors (Lipinski definition) is 3. The highest BCUT2D eigenvalue weighted by Gasteiger charge is 2.56. The van der Waals surface area contributed by atoms with Crippen molar-refractivity contribution in [2.75, 3.05) is 23.9 Å². The minimum absolute atomic E-state index is 0.0876. The maximum atomic E-state index is 13.9. The van der Waals surface area contributed by atoms with Crippen LogP contribution in [0.5, 0.6) is 17.2 Å². The maximum Gasteiger partial charge on any atom is 0.305 e. The number of H-pyrrole nitrogens is 1. The molecule has 0 radical (unpaired) electrons. The van der Waals surface area contributed by atoms with Crippen molar-refractivity contribution in [2.24, 2.45) is 5.92 Å². The summed E-state index contributed by atoms with van der Waals surface area (Å²) in [6.07, 6.45) is 0. The standard InChI is InChI=1S/C29H23N3O7S2/c1-38-19-11-7-17(8-12-19)32-27(35)23-22(24-26(31-29(37)41-24)40-25(23)28(32)36)15-3-2-4-20(13-15)39-14-21(34)30-16-5-9-18(33)10-6-16/h2-13,22-23,25,33H,14H2,1H3,(H,30,34)(H,31,37). The number of carbonyl (C=O) groups is 3. The van der Waals surface area contributed by atoms with Crippen LogP contribution in [0.3, 0.4) is 0 Å². The molecule has 3 N–H and O–H groups in total. The summed E-state index contributed by atoms with van der Waals surface area (Å²) in [4.78, 5) is 56.7. The third-order valence-electron chi connectivity index (χ3n) is 6.89. The SMILES string of the molecule is COc1ccc(N2C(=O)C3Sc4[nH]c(=O)sc4C(c4cccc(OCC(=O)Nc5ccc(O)cc5)c4)C3C2=O)cc1. The van der Waals surface area contributed by atoms with Gasteiger partial charge in [0.25, 0.3) is 5.91 Å². The van der Waals surface area contributed by atoms with E-state index in [2.05, 4.69) is 10.3 Å². The predicted octanol–water partition coefficient (Wildman–Crippen LogP) is 3.96. The Hall–Kier alpha value is -4.55. The van der Waals surface area contributed by atoms with E-state index in [1.54, 1.807) is 54.6 Å². The minimum Gasteiger partial charge on any atom is -0.508 e. The number of hydrogen-bond acceptors (Lipinski definition) is 9. The number of imide groups is 1. The molecule has 2 aliphatic rings. The minimum atomic E-state index is -0.749. The van der Waals surface area contributed by atoms with Crippen molar-refractivity contribution in [3.05, 3.63) is 92.9 Å². The molecule has 0 bridgehead atoms. The summed E-state index contributed by atoms with van der Waals surface area (Å²) in [6.45, 7) is -0.275. The topological polar surface area (TPSA) is 138 Å². The highest BCUT2D eigenvalue weighted by atomic mass is 32.2. The van der Waals surface area contributed by atoms with Crippen LogP contribution in [-0.4, -0.2) is 46.8 Å². The Balaban J connectivity index is 1.28. The van der Waals surface area contributed by atoms with Crippen LogP contribution in [0, 0.1) is 5.92 Å². The number of aromatic nitrogens is 1. The zero-order chi connectivity index (χ0) is 28.7. The van der Waals surface area contributed by atoms with E-state index in [9.17, 15) is 24.3 Å². The van der Waals surface area contributed by atoms with Gasteiger partial charge in [0.1, 0.15) is 22.5 Å². The first-order valence-corrected chi connectivity index (χ1v) is 14.2. The van der Waals surface area contributed by atoms with Crippen LogP contribution >= 0.6 is 23.1 Å². The summed E-state index contributed by atoms with van der Waals surface area (Å²) >= 11 is 2.22. The first kappa shape index (κ1) is 26.7. The molecule has 3 atom stereocenters. The molecule has 3 heterocycles. The van der Waals surface area contributed by atoms with Crippen LogP contribution < -0.4 is 24.6 Å². The highest BCUT2D eigenvalue weighted by Crippen LogP contribution is 2.53. The number of amides is 3. The molecule has 0 spiro atoms. The first-order valence-electron chi connectivity index (χ1n) is 12.6. The van der Waals surface area contributed by atoms with Crippen molar-refractivity contribution >= 4 is 52.2 Å². The molecule has 4 aromatic rings. The van der Waals surface area contributed by atoms with Crippen LogP contribution in [0.1, 0.15) is 16.4 Å². The van der Waals surface area contributed by atoms with Gasteiger partial charge in [-0.3, -0.25) is 19.2 Å². The van der Waals surface area contributed by atoms with Crippen molar-refractivity contribution in [2.45, 2.75) is 16.2 Å². The molecule has 3 unspecified atom stereocenters. The number of anilines is 2. The third-order valence-corrected chi connectivity index (χ3v) is 9.29. The summed E-state index contributed by atoms with van der Waals surface area (Å²) < 4.78 is 11.0. The Morgan fingerprint density at radius 3 is 2.49 bits per heavy atom. The number of aromatic hydroxyl groups is 1. The quantitative estimate of drug-likeness (QED) is 0.218. The molecule has 10 nitrogen and oxygen atoms in total. The number of ether oxygens (including phenoxy) is 2. The van der Waals surface area contributed by atoms with E-state index in [0.717, 1.165) is 11.3 Å². The fraction of sp³-hybridized carbons (Fsp3) is 0.172. The number of carbonyl (C=O) groups excluding carboxylic acids is 3. The zero-order valence-electron chi connectivity index (χ0n) is 21.5. The molecule has 3 aromatic carbocycles. The third kappa shape index (κ3) is 5.07. The lowest BCUT2D eigenvalue weighted by Gasteiger charge is -2.30. The van der Waals surface area contributed by atoms with Crippen molar-refractivity contribution in [3.8, 4) is 17.2 Å². The summed E-state index contributed by atoms with van der Waals surface area (Å²) in [5.74, 6) is -1.34. The highest BCUT2D eigenvalue weighted by molar-refractivity contribution is 8.00. The molecule has 12 heteroatoms. The van der Waals surface area contributed by atoms with Gasteiger partial charge in [0.2, 0.25) is 11.8 Å². The Bertz CT molecular complexity index is 1700. The van der Waals surface area contributed by atoms with Gasteiger partial charge < -0.3 is 24.9 Å². The Morgan fingerprint density at radius 1 is 1.00 bits per heavy atom. The van der Waals surface area contributed by atoms with Gasteiger partial charge in [0, 0.05) is 16.5 Å². The van der Waals surface area contributed by atoms with Gasteiger partial charge in [0.05, 0.1) is 23.7 Å². The van der Waals surface area contributed by atoms with Crippen LogP contribution in [0.2, 0.25) is 0 Å². The molecule has 0 aliphatic carbocycles. The van der Waals surface area contributed by atoms with Gasteiger partial charge in [-0.25, -0.2) is 4.90 Å². The summed E-state index contributed by atoms with van der Waals surface area (Å²) in [7, 11) is 1.54. The van der Waals surface area contributed by atoms with E-state index in [1.165, 1.54) is 35.9 Å². The van der Waals surface area contributed by atoms with Gasteiger partial charge in [-0.1, -0.05) is 35.2 Å². The summed E-state index contributed by atoms with van der Waals surface area (Å²) in [5, 5.41) is 11.9. The number of aromatic amines is 1. The monoisotopic (exact) mass is 589 g/mol. The number of fused-ring (bicyclic) bond motifs is 2. The second-order valence-electron chi connectivity index (χ2n) is 9.42. The van der Waals surface area contributed by atoms with Gasteiger partial charge in [-0.15, -0.1) is 0 Å². The number of nitrogens with one attached hydrogen (secondary N) is 2. The number of rotatable bonds is 7. The molecular weight excluding hydrogens is 566 g/mol. The van der Waals surface area contributed by atoms with Crippen LogP contribution in [0.15, 0.2) is 82.6 Å². The Labute approximate surface area is 241 Å². The fourth-order valence-electron chi connectivity index (χ4n) is 5.05. The lowest BCUT2D eigenvalue weighted by atomic mass is 9.83. The van der Waals surface area contributed by atoms with E-state index in [0.29, 0.717) is 38.3 Å². The molecule has 0 saturated carbocycles. The lowest BCUT2D eigenvalue weighted by Crippen LogP contribution is -2.32. The van der Waals surface area contributed by atoms with Crippen LogP contribution in [0.25, 0.3) is 0 Å². The van der Waals surface area contributed by atoms with Gasteiger partial charge in [0.15, 0.2) is 6.61 Å². The second kappa shape index (κ2) is 10.8. The summed E-state index contributed by atoms with van der Waals surface area (Å²) in [6, 6.07) is 19.8. The molecule has 6 rings (SSSR count). The number of phenolic OH excluding ortho intramolecular Hbond substituents is 1. The van der Waals surface area contributed by atoms with Crippen molar-refractivity contribution < 1.29 is 29.0 Å². The van der Waals surface area contributed by atoms with Crippen LogP contribution in [0.4, 0.5) is 11.4 Å². The van der Waals surface area contributed by atoms with E-state index in [1.807, 2.05) is 6.07 Å². The molecular formula is C29H23N3O7S2. The second-order valence-corrected chi connectivity index (χ2v) is 11.6. The van der Waals surface area contributed by atoms with E-state index < -0.39 is 23.0 Å². The number of thiazole rings is 1. The van der Waals surface area contributed by atoms with Gasteiger partial charge in [-0.05, 0) is 66.2 Å². The maximum absolute atomic E-state index is 13.9. The Morgan fingerprint density at radius 2 is 1.76 bits per heavy atom. The number of methoxy groups -OCH3 is 1. The number of thioether (sulfide) groups is 1. The average molecular weight is 590 g/mol. The number of benzene rings is 3. The smallest absolute Gasteiger partial charge is 0.305 e. The molecule has 1 fully saturated rings. The normalized spacial score (nSPS) is 19.4. The molecule has 2 aliphatic heterocycles. The molecule has 3 amide bonds. The molecule has 41 heavy (non-hydrogen) atoms. The molecule has 208 valence electrons.